The lowest BCUT2D eigenvalue weighted by atomic mass is 9.87. The van der Waals surface area contributed by atoms with Crippen LogP contribution in [0.4, 0.5) is 0 Å². The van der Waals surface area contributed by atoms with Gasteiger partial charge in [-0.3, -0.25) is 0 Å². The van der Waals surface area contributed by atoms with Crippen molar-refractivity contribution in [3.05, 3.63) is 36.4 Å². The van der Waals surface area contributed by atoms with E-state index in [2.05, 4.69) is 21.1 Å². The summed E-state index contributed by atoms with van der Waals surface area (Å²) in [5.74, 6) is 0.744. The highest BCUT2D eigenvalue weighted by atomic mass is 79.9. The summed E-state index contributed by atoms with van der Waals surface area (Å²) >= 11 is 3.21. The van der Waals surface area contributed by atoms with Crippen LogP contribution in [0.5, 0.6) is 0 Å². The summed E-state index contributed by atoms with van der Waals surface area (Å²) < 4.78 is 0.699. The maximum atomic E-state index is 8.41. The fourth-order valence-corrected chi connectivity index (χ4v) is 2.51. The van der Waals surface area contributed by atoms with E-state index in [1.54, 1.807) is 0 Å². The monoisotopic (exact) mass is 297 g/mol. The Hall–Kier alpha value is -0.830. The van der Waals surface area contributed by atoms with E-state index in [0.717, 1.165) is 12.3 Å². The lowest BCUT2D eigenvalue weighted by Gasteiger charge is -2.20. The molecule has 0 amide bonds. The normalized spacial score (nSPS) is 17.1. The molecule has 0 radical (unpaired) electrons. The van der Waals surface area contributed by atoms with E-state index in [1.165, 1.54) is 32.1 Å². The van der Waals surface area contributed by atoms with E-state index in [0.29, 0.717) is 4.62 Å². The summed E-state index contributed by atoms with van der Waals surface area (Å²) in [7, 11) is 0. The predicted molar refractivity (Wildman–Crippen MR) is 75.8 cm³/mol. The zero-order valence-corrected chi connectivity index (χ0v) is 11.6. The number of hydrogen-bond acceptors (Lipinski definition) is 2. The molecule has 94 valence electrons. The van der Waals surface area contributed by atoms with Gasteiger partial charge in [0.05, 0.1) is 0 Å². The Balaban J connectivity index is 0.000000202. The zero-order chi connectivity index (χ0) is 12.3. The molecule has 0 aromatic heterocycles. The molecule has 0 aliphatic heterocycles. The predicted octanol–water partition coefficient (Wildman–Crippen LogP) is 4.83. The summed E-state index contributed by atoms with van der Waals surface area (Å²) in [5.41, 5.74) is 0. The molecule has 0 saturated heterocycles. The topological polar surface area (TPSA) is 32.6 Å². The summed E-state index contributed by atoms with van der Waals surface area (Å²) in [6.07, 6.45) is 7.57. The smallest absolute Gasteiger partial charge is 0.122 e. The van der Waals surface area contributed by atoms with Crippen molar-refractivity contribution < 1.29 is 5.21 Å². The summed E-state index contributed by atoms with van der Waals surface area (Å²) in [6, 6.07) is 12.0. The standard InChI is InChI=1S/C8H14BrNO.C6H6/c9-8(10-11)6-7-4-2-1-3-5-7;1-2-4-6-5-3-1/h7,11H,1-6H2;1-6H/b10-8+;. The highest BCUT2D eigenvalue weighted by molar-refractivity contribution is 9.18. The fraction of sp³-hybridized carbons (Fsp3) is 0.500. The summed E-state index contributed by atoms with van der Waals surface area (Å²) in [5, 5.41) is 11.5. The zero-order valence-electron chi connectivity index (χ0n) is 10.1. The second kappa shape index (κ2) is 9.23. The highest BCUT2D eigenvalue weighted by Gasteiger charge is 2.14. The van der Waals surface area contributed by atoms with Crippen molar-refractivity contribution in [2.75, 3.05) is 0 Å². The van der Waals surface area contributed by atoms with Gasteiger partial charge in [-0.1, -0.05) is 73.7 Å². The molecule has 0 atom stereocenters. The molecule has 1 aliphatic rings. The van der Waals surface area contributed by atoms with Gasteiger partial charge in [0.15, 0.2) is 0 Å². The maximum absolute atomic E-state index is 8.41. The molecule has 1 fully saturated rings. The molecular formula is C14H20BrNO. The average Bonchev–Trinajstić information content (AvgIpc) is 2.42. The van der Waals surface area contributed by atoms with Gasteiger partial charge in [0.1, 0.15) is 4.62 Å². The minimum atomic E-state index is 0.699. The molecule has 1 aromatic rings. The fourth-order valence-electron chi connectivity index (χ4n) is 2.06. The van der Waals surface area contributed by atoms with Crippen LogP contribution in [0.2, 0.25) is 0 Å². The van der Waals surface area contributed by atoms with Gasteiger partial charge in [-0.15, -0.1) is 0 Å². The highest BCUT2D eigenvalue weighted by Crippen LogP contribution is 2.27. The molecule has 1 N–H and O–H groups in total. The Morgan fingerprint density at radius 2 is 1.47 bits per heavy atom. The van der Waals surface area contributed by atoms with Crippen molar-refractivity contribution in [3.63, 3.8) is 0 Å². The molecule has 3 heteroatoms. The molecular weight excluding hydrogens is 278 g/mol. The molecule has 0 bridgehead atoms. The van der Waals surface area contributed by atoms with E-state index < -0.39 is 0 Å². The van der Waals surface area contributed by atoms with Gasteiger partial charge in [-0.25, -0.2) is 0 Å². The molecule has 1 aliphatic carbocycles. The first-order chi connectivity index (χ1) is 8.33. The third-order valence-corrected chi connectivity index (χ3v) is 3.44. The van der Waals surface area contributed by atoms with E-state index in [9.17, 15) is 0 Å². The van der Waals surface area contributed by atoms with Crippen molar-refractivity contribution in [2.45, 2.75) is 38.5 Å². The van der Waals surface area contributed by atoms with Gasteiger partial charge < -0.3 is 5.21 Å². The molecule has 0 spiro atoms. The lowest BCUT2D eigenvalue weighted by molar-refractivity contribution is 0.314. The van der Waals surface area contributed by atoms with E-state index in [1.807, 2.05) is 36.4 Å². The second-order valence-electron chi connectivity index (χ2n) is 4.34. The van der Waals surface area contributed by atoms with Crippen molar-refractivity contribution in [1.82, 2.24) is 0 Å². The summed E-state index contributed by atoms with van der Waals surface area (Å²) in [4.78, 5) is 0. The second-order valence-corrected chi connectivity index (χ2v) is 5.25. The number of oxime groups is 1. The van der Waals surface area contributed by atoms with E-state index >= 15 is 0 Å². The summed E-state index contributed by atoms with van der Waals surface area (Å²) in [6.45, 7) is 0. The number of benzene rings is 1. The Morgan fingerprint density at radius 1 is 1.00 bits per heavy atom. The van der Waals surface area contributed by atoms with Crippen molar-refractivity contribution in [3.8, 4) is 0 Å². The number of hydrogen-bond donors (Lipinski definition) is 1. The van der Waals surface area contributed by atoms with Gasteiger partial charge in [0, 0.05) is 6.42 Å². The van der Waals surface area contributed by atoms with Crippen LogP contribution < -0.4 is 0 Å². The molecule has 2 rings (SSSR count). The first-order valence-electron chi connectivity index (χ1n) is 6.19. The lowest BCUT2D eigenvalue weighted by Crippen LogP contribution is -2.08. The number of nitrogens with zero attached hydrogens (tertiary/aromatic N) is 1. The van der Waals surface area contributed by atoms with Gasteiger partial charge in [-0.2, -0.15) is 0 Å². The van der Waals surface area contributed by atoms with Crippen LogP contribution in [-0.4, -0.2) is 9.83 Å². The van der Waals surface area contributed by atoms with Gasteiger partial charge in [0.2, 0.25) is 0 Å². The third kappa shape index (κ3) is 7.16. The maximum Gasteiger partial charge on any atom is 0.122 e. The van der Waals surface area contributed by atoms with Crippen LogP contribution in [0.15, 0.2) is 41.6 Å². The Kier molecular flexibility index (Phi) is 7.72. The largest absolute Gasteiger partial charge is 0.410 e. The first kappa shape index (κ1) is 14.2. The third-order valence-electron chi connectivity index (χ3n) is 2.96. The van der Waals surface area contributed by atoms with Gasteiger partial charge in [-0.05, 0) is 21.8 Å². The SMILES string of the molecule is O/N=C(/Br)CC1CCCCC1.c1ccccc1. The van der Waals surface area contributed by atoms with Crippen LogP contribution in [0.1, 0.15) is 38.5 Å². The van der Waals surface area contributed by atoms with Gasteiger partial charge in [0.25, 0.3) is 0 Å². The van der Waals surface area contributed by atoms with Crippen LogP contribution >= 0.6 is 15.9 Å². The Labute approximate surface area is 112 Å². The van der Waals surface area contributed by atoms with Gasteiger partial charge >= 0.3 is 0 Å². The van der Waals surface area contributed by atoms with Crippen LogP contribution in [0, 0.1) is 5.92 Å². The Bertz CT molecular complexity index is 281. The van der Waals surface area contributed by atoms with Crippen molar-refractivity contribution in [2.24, 2.45) is 11.1 Å². The molecule has 0 heterocycles. The molecule has 1 saturated carbocycles. The van der Waals surface area contributed by atoms with Crippen LogP contribution in [0.3, 0.4) is 0 Å². The minimum Gasteiger partial charge on any atom is -0.410 e. The molecule has 2 nitrogen and oxygen atoms in total. The number of halogens is 1. The van der Waals surface area contributed by atoms with E-state index in [-0.39, 0.29) is 0 Å². The molecule has 17 heavy (non-hydrogen) atoms. The quantitative estimate of drug-likeness (QED) is 0.473. The molecule has 0 unspecified atom stereocenters. The van der Waals surface area contributed by atoms with Crippen LogP contribution in [0.25, 0.3) is 0 Å². The molecule has 1 aromatic carbocycles. The van der Waals surface area contributed by atoms with Crippen LogP contribution in [-0.2, 0) is 0 Å². The Morgan fingerprint density at radius 3 is 1.88 bits per heavy atom. The van der Waals surface area contributed by atoms with Crippen molar-refractivity contribution >= 4 is 20.6 Å². The first-order valence-corrected chi connectivity index (χ1v) is 6.98. The minimum absolute atomic E-state index is 0.699. The average molecular weight is 298 g/mol. The number of rotatable bonds is 2. The van der Waals surface area contributed by atoms with E-state index in [4.69, 9.17) is 5.21 Å². The van der Waals surface area contributed by atoms with Crippen molar-refractivity contribution in [1.29, 1.82) is 0 Å².